The number of aliphatic imine (C=N–C) groups is 1. The Hall–Kier alpha value is -3.52. The Kier molecular flexibility index (Phi) is 7.16. The number of nitrogens with zero attached hydrogens (tertiary/aromatic N) is 4. The van der Waals surface area contributed by atoms with Crippen molar-refractivity contribution in [2.45, 2.75) is 46.3 Å². The zero-order chi connectivity index (χ0) is 30.9. The van der Waals surface area contributed by atoms with Gasteiger partial charge in [-0.15, -0.1) is 11.3 Å². The molecule has 0 aromatic carbocycles. The van der Waals surface area contributed by atoms with Crippen LogP contribution in [0.5, 0.6) is 0 Å². The lowest BCUT2D eigenvalue weighted by atomic mass is 9.99. The number of allylic oxidation sites excluding steroid dienone is 1. The Balaban J connectivity index is 1.48. The molecule has 2 aromatic heterocycles. The average Bonchev–Trinajstić information content (AvgIpc) is 3.11. The van der Waals surface area contributed by atoms with Crippen molar-refractivity contribution >= 4 is 52.7 Å². The summed E-state index contributed by atoms with van der Waals surface area (Å²) in [5.41, 5.74) is -1.10. The van der Waals surface area contributed by atoms with Crippen molar-refractivity contribution in [3.05, 3.63) is 44.9 Å². The molecule has 1 saturated carbocycles. The Morgan fingerprint density at radius 2 is 1.83 bits per heavy atom. The quantitative estimate of drug-likeness (QED) is 0.250. The summed E-state index contributed by atoms with van der Waals surface area (Å²) in [6.07, 6.45) is -3.25. The molecule has 1 N–H and O–H groups in total. The number of nitrogens with one attached hydrogen (secondary N) is 1. The summed E-state index contributed by atoms with van der Waals surface area (Å²) in [7, 11) is 0. The summed E-state index contributed by atoms with van der Waals surface area (Å²) >= 11 is 1.13. The van der Waals surface area contributed by atoms with Crippen LogP contribution in [-0.4, -0.2) is 64.8 Å². The highest BCUT2D eigenvalue weighted by Crippen LogP contribution is 2.63. The van der Waals surface area contributed by atoms with Gasteiger partial charge in [0.25, 0.3) is 5.92 Å². The Labute approximate surface area is 242 Å². The fourth-order valence-electron chi connectivity index (χ4n) is 5.83. The molecule has 2 atom stereocenters. The minimum Gasteiger partial charge on any atom is -0.323 e. The maximum Gasteiger partial charge on any atom is 0.433 e. The van der Waals surface area contributed by atoms with Gasteiger partial charge in [0.15, 0.2) is 0 Å². The second-order valence-corrected chi connectivity index (χ2v) is 12.5. The van der Waals surface area contributed by atoms with Crippen molar-refractivity contribution in [2.24, 2.45) is 22.2 Å². The maximum absolute atomic E-state index is 13.8. The molecule has 3 fully saturated rings. The number of carbonyl (C=O) groups is 3. The first-order valence-corrected chi connectivity index (χ1v) is 13.9. The van der Waals surface area contributed by atoms with Crippen molar-refractivity contribution in [1.29, 1.82) is 0 Å². The molecular weight excluding hydrogens is 581 g/mol. The topological polar surface area (TPSA) is 95.0 Å². The van der Waals surface area contributed by atoms with Gasteiger partial charge in [0.1, 0.15) is 5.69 Å². The number of hydrogen-bond donors (Lipinski definition) is 1. The molecule has 0 spiro atoms. The van der Waals surface area contributed by atoms with Crippen molar-refractivity contribution in [3.8, 4) is 0 Å². The number of likely N-dealkylation sites (tertiary alicyclic amines) is 2. The normalized spacial score (nSPS) is 23.1. The molecule has 224 valence electrons. The van der Waals surface area contributed by atoms with E-state index in [0.29, 0.717) is 15.4 Å². The molecule has 1 aliphatic carbocycles. The van der Waals surface area contributed by atoms with E-state index in [9.17, 15) is 36.3 Å². The summed E-state index contributed by atoms with van der Waals surface area (Å²) in [6, 6.07) is 2.43. The third-order valence-electron chi connectivity index (χ3n) is 8.00. The number of alkyl halides is 5. The van der Waals surface area contributed by atoms with Crippen LogP contribution in [0.15, 0.2) is 23.2 Å². The van der Waals surface area contributed by atoms with E-state index in [1.807, 2.05) is 13.8 Å². The molecule has 2 unspecified atom stereocenters. The molecule has 5 rings (SSSR count). The van der Waals surface area contributed by atoms with Crippen molar-refractivity contribution < 1.29 is 36.3 Å². The summed E-state index contributed by atoms with van der Waals surface area (Å²) < 4.78 is 67.9. The highest BCUT2D eigenvalue weighted by atomic mass is 32.1. The van der Waals surface area contributed by atoms with Gasteiger partial charge in [-0.05, 0) is 43.7 Å². The van der Waals surface area contributed by atoms with Crippen LogP contribution >= 0.6 is 11.3 Å². The van der Waals surface area contributed by atoms with Gasteiger partial charge in [0.2, 0.25) is 17.7 Å². The van der Waals surface area contributed by atoms with Crippen molar-refractivity contribution in [3.63, 3.8) is 0 Å². The monoisotopic (exact) mass is 609 g/mol. The molecule has 0 radical (unpaired) electrons. The Morgan fingerprint density at radius 1 is 1.21 bits per heavy atom. The Bertz CT molecular complexity index is 1510. The number of fused-ring (bicyclic) bond motifs is 1. The number of pyridine rings is 1. The molecule has 0 bridgehead atoms. The van der Waals surface area contributed by atoms with Gasteiger partial charge in [-0.25, -0.2) is 13.8 Å². The van der Waals surface area contributed by atoms with Crippen LogP contribution in [0.1, 0.15) is 47.5 Å². The Morgan fingerprint density at radius 3 is 2.36 bits per heavy atom. The maximum atomic E-state index is 13.8. The number of amides is 3. The van der Waals surface area contributed by atoms with Crippen LogP contribution < -0.4 is 5.32 Å². The van der Waals surface area contributed by atoms with Gasteiger partial charge in [0, 0.05) is 10.4 Å². The molecule has 3 aliphatic rings. The lowest BCUT2D eigenvalue weighted by Gasteiger charge is -2.38. The SMILES string of the molecule is C=Nc1cc(CN2C(=O)C3C(C2=O)C3(C)C)sc1/C(=C\C)c1cc(C(F)(F)F)nc(C)c1NC(=O)CN1CC(F)(F)C1. The number of hydrogen-bond acceptors (Lipinski definition) is 7. The zero-order valence-electron chi connectivity index (χ0n) is 23.2. The van der Waals surface area contributed by atoms with Crippen LogP contribution in [0.3, 0.4) is 0 Å². The van der Waals surface area contributed by atoms with Gasteiger partial charge in [-0.2, -0.15) is 13.2 Å². The molecule has 2 aliphatic heterocycles. The first-order chi connectivity index (χ1) is 19.5. The third kappa shape index (κ3) is 5.14. The molecule has 42 heavy (non-hydrogen) atoms. The molecule has 2 saturated heterocycles. The van der Waals surface area contributed by atoms with Crippen LogP contribution in [-0.2, 0) is 27.1 Å². The number of aryl methyl sites for hydroxylation is 1. The van der Waals surface area contributed by atoms with E-state index >= 15 is 0 Å². The molecule has 8 nitrogen and oxygen atoms in total. The number of piperidine rings is 1. The molecule has 3 amide bonds. The lowest BCUT2D eigenvalue weighted by molar-refractivity contribution is -0.144. The van der Waals surface area contributed by atoms with Crippen LogP contribution in [0, 0.1) is 24.2 Å². The van der Waals surface area contributed by atoms with Crippen LogP contribution in [0.4, 0.5) is 33.3 Å². The molecule has 2 aromatic rings. The summed E-state index contributed by atoms with van der Waals surface area (Å²) in [5.74, 6) is -4.80. The van der Waals surface area contributed by atoms with Crippen molar-refractivity contribution in [1.82, 2.24) is 14.8 Å². The number of thiophene rings is 1. The zero-order valence-corrected chi connectivity index (χ0v) is 24.1. The van der Waals surface area contributed by atoms with E-state index in [2.05, 4.69) is 22.0 Å². The summed E-state index contributed by atoms with van der Waals surface area (Å²) in [4.78, 5) is 49.6. The number of rotatable bonds is 8. The smallest absolute Gasteiger partial charge is 0.323 e. The van der Waals surface area contributed by atoms with Crippen LogP contribution in [0.2, 0.25) is 0 Å². The molecular formula is C28H28F5N5O3S. The number of imide groups is 1. The highest BCUT2D eigenvalue weighted by Gasteiger charge is 2.72. The summed E-state index contributed by atoms with van der Waals surface area (Å²) in [5, 5.41) is 2.57. The average molecular weight is 610 g/mol. The van der Waals surface area contributed by atoms with Gasteiger partial charge < -0.3 is 5.32 Å². The van der Waals surface area contributed by atoms with E-state index in [-0.39, 0.29) is 64.7 Å². The van der Waals surface area contributed by atoms with E-state index in [0.717, 1.165) is 17.4 Å². The predicted octanol–water partition coefficient (Wildman–Crippen LogP) is 5.28. The molecule has 14 heteroatoms. The fraction of sp³-hybridized carbons (Fsp3) is 0.464. The first-order valence-electron chi connectivity index (χ1n) is 13.1. The second kappa shape index (κ2) is 10.0. The number of anilines is 1. The number of aromatic nitrogens is 1. The number of carbonyl (C=O) groups excluding carboxylic acids is 3. The van der Waals surface area contributed by atoms with Crippen molar-refractivity contribution in [2.75, 3.05) is 25.0 Å². The van der Waals surface area contributed by atoms with E-state index in [1.165, 1.54) is 16.7 Å². The van der Waals surface area contributed by atoms with Gasteiger partial charge >= 0.3 is 6.18 Å². The third-order valence-corrected chi connectivity index (χ3v) is 9.14. The predicted molar refractivity (Wildman–Crippen MR) is 147 cm³/mol. The highest BCUT2D eigenvalue weighted by molar-refractivity contribution is 7.13. The number of halogens is 5. The second-order valence-electron chi connectivity index (χ2n) is 11.4. The van der Waals surface area contributed by atoms with Gasteiger partial charge in [0.05, 0.1) is 60.0 Å². The first kappa shape index (κ1) is 30.0. The minimum atomic E-state index is -4.80. The largest absolute Gasteiger partial charge is 0.433 e. The van der Waals surface area contributed by atoms with Gasteiger partial charge in [-0.1, -0.05) is 19.9 Å². The van der Waals surface area contributed by atoms with Gasteiger partial charge in [-0.3, -0.25) is 29.2 Å². The standard InChI is InChI=1S/C28H28F5N5O3S/c1-6-15(23-17(34-5)7-14(42-23)9-38-24(40)20-21(25(38)41)26(20,3)4)16-8-18(28(31,32)33)35-13(2)22(16)36-19(39)10-37-11-27(29,30)12-37/h6-8,20-21H,5,9-12H2,1-4H3,(H,36,39)/b15-6-. The minimum absolute atomic E-state index is 0.00534. The lowest BCUT2D eigenvalue weighted by Crippen LogP contribution is -2.57. The van der Waals surface area contributed by atoms with Crippen LogP contribution in [0.25, 0.3) is 5.57 Å². The summed E-state index contributed by atoms with van der Waals surface area (Å²) in [6.45, 7) is 8.65. The van der Waals surface area contributed by atoms with E-state index < -0.39 is 36.8 Å². The molecule has 4 heterocycles. The van der Waals surface area contributed by atoms with E-state index in [4.69, 9.17) is 0 Å². The fourth-order valence-corrected chi connectivity index (χ4v) is 7.03. The van der Waals surface area contributed by atoms with E-state index in [1.54, 1.807) is 19.1 Å².